The zero-order valence-corrected chi connectivity index (χ0v) is 16.4. The average Bonchev–Trinajstić information content (AvgIpc) is 3.26. The van der Waals surface area contributed by atoms with Crippen molar-refractivity contribution in [3.63, 3.8) is 0 Å². The van der Waals surface area contributed by atoms with Crippen molar-refractivity contribution in [1.29, 1.82) is 0 Å². The Labute approximate surface area is 159 Å². The molecule has 1 saturated heterocycles. The number of carbonyl (C=O) groups excluding carboxylic acids is 1. The molecule has 140 valence electrons. The van der Waals surface area contributed by atoms with E-state index in [2.05, 4.69) is 28.2 Å². The molecule has 1 fully saturated rings. The van der Waals surface area contributed by atoms with Gasteiger partial charge in [-0.05, 0) is 51.4 Å². The Balaban J connectivity index is 1.43. The van der Waals surface area contributed by atoms with Crippen LogP contribution in [-0.2, 0) is 10.5 Å². The fraction of sp³-hybridized carbons (Fsp3) is 0.500. The quantitative estimate of drug-likeness (QED) is 0.768. The SMILES string of the molecule is Cc1ccccc1-c1nc(CSCC(=O)NCCN2CCCC2)c(C)o1. The van der Waals surface area contributed by atoms with Crippen molar-refractivity contribution in [3.8, 4) is 11.5 Å². The van der Waals surface area contributed by atoms with E-state index in [1.807, 2.05) is 25.1 Å². The Morgan fingerprint density at radius 2 is 2.04 bits per heavy atom. The number of hydrogen-bond acceptors (Lipinski definition) is 5. The van der Waals surface area contributed by atoms with Gasteiger partial charge < -0.3 is 14.6 Å². The van der Waals surface area contributed by atoms with Crippen LogP contribution >= 0.6 is 11.8 Å². The molecular weight excluding hydrogens is 346 g/mol. The maximum absolute atomic E-state index is 12.0. The van der Waals surface area contributed by atoms with E-state index in [0.29, 0.717) is 17.4 Å². The standard InChI is InChI=1S/C20H27N3O2S/c1-15-7-3-4-8-17(15)20-22-18(16(2)25-20)13-26-14-19(24)21-9-12-23-10-5-6-11-23/h3-4,7-8H,5-6,9-14H2,1-2H3,(H,21,24). The van der Waals surface area contributed by atoms with Crippen LogP contribution in [0.3, 0.4) is 0 Å². The van der Waals surface area contributed by atoms with Crippen LogP contribution in [0.1, 0.15) is 29.9 Å². The highest BCUT2D eigenvalue weighted by Crippen LogP contribution is 2.26. The lowest BCUT2D eigenvalue weighted by molar-refractivity contribution is -0.118. The van der Waals surface area contributed by atoms with E-state index in [1.165, 1.54) is 25.9 Å². The van der Waals surface area contributed by atoms with Crippen LogP contribution in [0, 0.1) is 13.8 Å². The van der Waals surface area contributed by atoms with E-state index in [0.717, 1.165) is 35.7 Å². The first-order valence-electron chi connectivity index (χ1n) is 9.22. The summed E-state index contributed by atoms with van der Waals surface area (Å²) in [5.41, 5.74) is 3.08. The molecule has 0 spiro atoms. The summed E-state index contributed by atoms with van der Waals surface area (Å²) in [5.74, 6) is 2.71. The summed E-state index contributed by atoms with van der Waals surface area (Å²) in [6.07, 6.45) is 2.57. The number of hydrogen-bond donors (Lipinski definition) is 1. The topological polar surface area (TPSA) is 58.4 Å². The summed E-state index contributed by atoms with van der Waals surface area (Å²) in [7, 11) is 0. The van der Waals surface area contributed by atoms with E-state index in [4.69, 9.17) is 4.42 Å². The first-order chi connectivity index (χ1) is 12.6. The molecule has 26 heavy (non-hydrogen) atoms. The van der Waals surface area contributed by atoms with Crippen molar-refractivity contribution in [2.24, 2.45) is 0 Å². The maximum Gasteiger partial charge on any atom is 0.230 e. The summed E-state index contributed by atoms with van der Waals surface area (Å²) in [5, 5.41) is 3.00. The zero-order chi connectivity index (χ0) is 18.4. The number of likely N-dealkylation sites (tertiary alicyclic amines) is 1. The second-order valence-electron chi connectivity index (χ2n) is 6.73. The molecule has 1 aliphatic heterocycles. The number of rotatable bonds is 8. The normalized spacial score (nSPS) is 14.7. The van der Waals surface area contributed by atoms with E-state index in [9.17, 15) is 4.79 Å². The lowest BCUT2D eigenvalue weighted by atomic mass is 10.1. The van der Waals surface area contributed by atoms with Crippen LogP contribution in [0.5, 0.6) is 0 Å². The molecule has 1 aliphatic rings. The summed E-state index contributed by atoms with van der Waals surface area (Å²) in [6.45, 7) is 8.01. The number of nitrogens with zero attached hydrogens (tertiary/aromatic N) is 2. The van der Waals surface area contributed by atoms with Crippen LogP contribution < -0.4 is 5.32 Å². The molecule has 0 unspecified atom stereocenters. The van der Waals surface area contributed by atoms with E-state index in [-0.39, 0.29) is 5.91 Å². The molecule has 1 aromatic heterocycles. The number of benzene rings is 1. The maximum atomic E-state index is 12.0. The molecular formula is C20H27N3O2S. The van der Waals surface area contributed by atoms with Gasteiger partial charge in [-0.15, -0.1) is 11.8 Å². The van der Waals surface area contributed by atoms with Gasteiger partial charge in [0.15, 0.2) is 0 Å². The van der Waals surface area contributed by atoms with Gasteiger partial charge in [0.25, 0.3) is 0 Å². The number of aromatic nitrogens is 1. The highest BCUT2D eigenvalue weighted by molar-refractivity contribution is 7.99. The Morgan fingerprint density at radius 3 is 2.81 bits per heavy atom. The van der Waals surface area contributed by atoms with Gasteiger partial charge in [0.05, 0.1) is 11.4 Å². The molecule has 0 radical (unpaired) electrons. The predicted octanol–water partition coefficient (Wildman–Crippen LogP) is 3.40. The van der Waals surface area contributed by atoms with Gasteiger partial charge in [-0.3, -0.25) is 4.79 Å². The molecule has 0 atom stereocenters. The van der Waals surface area contributed by atoms with Crippen LogP contribution in [0.25, 0.3) is 11.5 Å². The molecule has 1 amide bonds. The molecule has 0 aliphatic carbocycles. The van der Waals surface area contributed by atoms with Gasteiger partial charge in [-0.1, -0.05) is 18.2 Å². The molecule has 0 bridgehead atoms. The molecule has 0 saturated carbocycles. The van der Waals surface area contributed by atoms with Crippen molar-refractivity contribution in [2.75, 3.05) is 31.9 Å². The smallest absolute Gasteiger partial charge is 0.230 e. The summed E-state index contributed by atoms with van der Waals surface area (Å²) >= 11 is 1.58. The van der Waals surface area contributed by atoms with E-state index >= 15 is 0 Å². The monoisotopic (exact) mass is 373 g/mol. The number of oxazole rings is 1. The number of amides is 1. The van der Waals surface area contributed by atoms with Crippen LogP contribution in [0.2, 0.25) is 0 Å². The summed E-state index contributed by atoms with van der Waals surface area (Å²) in [4.78, 5) is 19.0. The molecule has 2 aromatic rings. The average molecular weight is 374 g/mol. The van der Waals surface area contributed by atoms with Gasteiger partial charge in [0, 0.05) is 24.4 Å². The van der Waals surface area contributed by atoms with Crippen molar-refractivity contribution in [2.45, 2.75) is 32.4 Å². The van der Waals surface area contributed by atoms with Crippen LogP contribution in [0.4, 0.5) is 0 Å². The zero-order valence-electron chi connectivity index (χ0n) is 15.6. The lowest BCUT2D eigenvalue weighted by Gasteiger charge is -2.14. The number of thioether (sulfide) groups is 1. The van der Waals surface area contributed by atoms with Gasteiger partial charge in [-0.2, -0.15) is 0 Å². The predicted molar refractivity (Wildman–Crippen MR) is 106 cm³/mol. The van der Waals surface area contributed by atoms with Crippen LogP contribution in [-0.4, -0.2) is 47.7 Å². The largest absolute Gasteiger partial charge is 0.441 e. The molecule has 5 nitrogen and oxygen atoms in total. The van der Waals surface area contributed by atoms with Gasteiger partial charge >= 0.3 is 0 Å². The van der Waals surface area contributed by atoms with Crippen molar-refractivity contribution in [3.05, 3.63) is 41.3 Å². The molecule has 2 heterocycles. The first kappa shape index (κ1) is 19.0. The first-order valence-corrected chi connectivity index (χ1v) is 10.4. The van der Waals surface area contributed by atoms with Gasteiger partial charge in [0.2, 0.25) is 11.8 Å². The highest BCUT2D eigenvalue weighted by Gasteiger charge is 2.14. The van der Waals surface area contributed by atoms with Crippen LogP contribution in [0.15, 0.2) is 28.7 Å². The summed E-state index contributed by atoms with van der Waals surface area (Å²) in [6, 6.07) is 8.07. The fourth-order valence-corrected chi connectivity index (χ4v) is 3.99. The van der Waals surface area contributed by atoms with Crippen molar-refractivity contribution in [1.82, 2.24) is 15.2 Å². The fourth-order valence-electron chi connectivity index (χ4n) is 3.14. The Hall–Kier alpha value is -1.79. The number of carbonyl (C=O) groups is 1. The van der Waals surface area contributed by atoms with Crippen molar-refractivity contribution >= 4 is 17.7 Å². The number of aryl methyl sites for hydroxylation is 2. The minimum atomic E-state index is 0.0921. The second kappa shape index (κ2) is 9.24. The molecule has 3 rings (SSSR count). The molecule has 6 heteroatoms. The summed E-state index contributed by atoms with van der Waals surface area (Å²) < 4.78 is 5.83. The number of nitrogens with one attached hydrogen (secondary N) is 1. The Kier molecular flexibility index (Phi) is 6.74. The van der Waals surface area contributed by atoms with Crippen molar-refractivity contribution < 1.29 is 9.21 Å². The Bertz CT molecular complexity index is 738. The molecule has 1 aromatic carbocycles. The second-order valence-corrected chi connectivity index (χ2v) is 7.71. The van der Waals surface area contributed by atoms with E-state index < -0.39 is 0 Å². The molecule has 1 N–H and O–H groups in total. The van der Waals surface area contributed by atoms with Gasteiger partial charge in [0.1, 0.15) is 5.76 Å². The highest BCUT2D eigenvalue weighted by atomic mass is 32.2. The third-order valence-corrected chi connectivity index (χ3v) is 5.63. The minimum Gasteiger partial charge on any atom is -0.441 e. The third-order valence-electron chi connectivity index (χ3n) is 4.69. The minimum absolute atomic E-state index is 0.0921. The van der Waals surface area contributed by atoms with E-state index in [1.54, 1.807) is 11.8 Å². The lowest BCUT2D eigenvalue weighted by Crippen LogP contribution is -2.34. The van der Waals surface area contributed by atoms with Gasteiger partial charge in [-0.25, -0.2) is 4.98 Å². The Morgan fingerprint density at radius 1 is 1.27 bits per heavy atom. The third kappa shape index (κ3) is 5.11.